The highest BCUT2D eigenvalue weighted by Crippen LogP contribution is 2.27. The number of piperidine rings is 1. The molecular formula is C16H23N3O3. The van der Waals surface area contributed by atoms with Crippen molar-refractivity contribution in [3.63, 3.8) is 0 Å². The molecule has 0 aromatic heterocycles. The normalized spacial score (nSPS) is 21.1. The van der Waals surface area contributed by atoms with Gasteiger partial charge >= 0.3 is 0 Å². The first kappa shape index (κ1) is 16.3. The number of carbonyl (C=O) groups is 2. The molecule has 1 aliphatic rings. The van der Waals surface area contributed by atoms with Gasteiger partial charge in [-0.1, -0.05) is 0 Å². The van der Waals surface area contributed by atoms with Crippen LogP contribution < -0.4 is 21.1 Å². The van der Waals surface area contributed by atoms with E-state index in [1.165, 1.54) is 0 Å². The lowest BCUT2D eigenvalue weighted by Crippen LogP contribution is -2.46. The van der Waals surface area contributed by atoms with Crippen LogP contribution in [0.1, 0.15) is 26.2 Å². The number of nitrogens with one attached hydrogen (secondary N) is 2. The second kappa shape index (κ2) is 7.26. The van der Waals surface area contributed by atoms with Crippen molar-refractivity contribution in [3.8, 4) is 5.75 Å². The zero-order valence-corrected chi connectivity index (χ0v) is 12.9. The van der Waals surface area contributed by atoms with E-state index in [0.29, 0.717) is 12.3 Å². The molecule has 0 radical (unpaired) electrons. The highest BCUT2D eigenvalue weighted by Gasteiger charge is 2.34. The summed E-state index contributed by atoms with van der Waals surface area (Å²) in [4.78, 5) is 23.0. The van der Waals surface area contributed by atoms with E-state index < -0.39 is 5.91 Å². The summed E-state index contributed by atoms with van der Waals surface area (Å²) in [6, 6.07) is 7.10. The molecule has 1 heterocycles. The Morgan fingerprint density at radius 2 is 2.09 bits per heavy atom. The Morgan fingerprint density at radius 1 is 1.36 bits per heavy atom. The van der Waals surface area contributed by atoms with Crippen molar-refractivity contribution in [2.24, 2.45) is 11.1 Å². The van der Waals surface area contributed by atoms with Gasteiger partial charge in [0.15, 0.2) is 0 Å². The first-order valence-electron chi connectivity index (χ1n) is 7.53. The van der Waals surface area contributed by atoms with Crippen LogP contribution in [0.25, 0.3) is 0 Å². The third-order valence-corrected chi connectivity index (χ3v) is 3.87. The average Bonchev–Trinajstić information content (AvgIpc) is 2.49. The molecule has 120 valence electrons. The first-order valence-corrected chi connectivity index (χ1v) is 7.53. The van der Waals surface area contributed by atoms with Gasteiger partial charge in [-0.05, 0) is 50.6 Å². The standard InChI is InChI=1S/C16H23N3O3/c1-16(8-2-9-18-11-16)15(21)19-12-3-5-13(6-4-12)22-10-7-14(17)20/h3-6,18H,2,7-11H2,1H3,(H2,17,20)(H,19,21). The SMILES string of the molecule is CC1(C(=O)Nc2ccc(OCCC(N)=O)cc2)CCCNC1. The lowest BCUT2D eigenvalue weighted by atomic mass is 9.82. The number of rotatable bonds is 6. The van der Waals surface area contributed by atoms with E-state index in [4.69, 9.17) is 10.5 Å². The van der Waals surface area contributed by atoms with E-state index in [0.717, 1.165) is 25.1 Å². The monoisotopic (exact) mass is 305 g/mol. The smallest absolute Gasteiger partial charge is 0.231 e. The Labute approximate surface area is 130 Å². The van der Waals surface area contributed by atoms with Crippen molar-refractivity contribution in [2.45, 2.75) is 26.2 Å². The predicted octanol–water partition coefficient (Wildman–Crippen LogP) is 1.27. The molecule has 2 rings (SSSR count). The number of hydrogen-bond acceptors (Lipinski definition) is 4. The molecule has 0 saturated carbocycles. The summed E-state index contributed by atoms with van der Waals surface area (Å²) in [6.07, 6.45) is 2.08. The lowest BCUT2D eigenvalue weighted by Gasteiger charge is -2.32. The van der Waals surface area contributed by atoms with Gasteiger partial charge in [-0.15, -0.1) is 0 Å². The quantitative estimate of drug-likeness (QED) is 0.738. The fourth-order valence-electron chi connectivity index (χ4n) is 2.44. The van der Waals surface area contributed by atoms with E-state index in [-0.39, 0.29) is 24.3 Å². The summed E-state index contributed by atoms with van der Waals surface area (Å²) >= 11 is 0. The van der Waals surface area contributed by atoms with Crippen molar-refractivity contribution >= 4 is 17.5 Å². The second-order valence-electron chi connectivity index (χ2n) is 5.88. The number of primary amides is 1. The van der Waals surface area contributed by atoms with Gasteiger partial charge in [0.2, 0.25) is 11.8 Å². The molecule has 1 aromatic carbocycles. The van der Waals surface area contributed by atoms with E-state index in [2.05, 4.69) is 10.6 Å². The molecule has 1 unspecified atom stereocenters. The zero-order chi connectivity index (χ0) is 16.0. The topological polar surface area (TPSA) is 93.4 Å². The molecule has 1 saturated heterocycles. The van der Waals surface area contributed by atoms with E-state index in [9.17, 15) is 9.59 Å². The fourth-order valence-corrected chi connectivity index (χ4v) is 2.44. The van der Waals surface area contributed by atoms with Gasteiger partial charge < -0.3 is 21.1 Å². The van der Waals surface area contributed by atoms with Crippen molar-refractivity contribution in [1.29, 1.82) is 0 Å². The number of benzene rings is 1. The van der Waals surface area contributed by atoms with Gasteiger partial charge in [-0.3, -0.25) is 9.59 Å². The maximum atomic E-state index is 12.4. The van der Waals surface area contributed by atoms with Crippen LogP contribution in [0.2, 0.25) is 0 Å². The van der Waals surface area contributed by atoms with E-state index >= 15 is 0 Å². The van der Waals surface area contributed by atoms with Gasteiger partial charge in [0.1, 0.15) is 5.75 Å². The first-order chi connectivity index (χ1) is 10.5. The molecule has 1 aliphatic heterocycles. The van der Waals surface area contributed by atoms with E-state index in [1.807, 2.05) is 6.92 Å². The van der Waals surface area contributed by atoms with Crippen LogP contribution >= 0.6 is 0 Å². The number of ether oxygens (including phenoxy) is 1. The van der Waals surface area contributed by atoms with Crippen molar-refractivity contribution < 1.29 is 14.3 Å². The molecule has 0 spiro atoms. The summed E-state index contributed by atoms with van der Waals surface area (Å²) in [6.45, 7) is 3.91. The van der Waals surface area contributed by atoms with Gasteiger partial charge in [0.05, 0.1) is 18.4 Å². The number of hydrogen-bond donors (Lipinski definition) is 3. The fraction of sp³-hybridized carbons (Fsp3) is 0.500. The summed E-state index contributed by atoms with van der Waals surface area (Å²) in [5.41, 5.74) is 5.42. The Morgan fingerprint density at radius 3 is 2.68 bits per heavy atom. The maximum absolute atomic E-state index is 12.4. The van der Waals surface area contributed by atoms with Crippen LogP contribution in [0.4, 0.5) is 5.69 Å². The Kier molecular flexibility index (Phi) is 5.38. The minimum absolute atomic E-state index is 0.0297. The highest BCUT2D eigenvalue weighted by molar-refractivity contribution is 5.95. The molecule has 1 fully saturated rings. The van der Waals surface area contributed by atoms with Crippen LogP contribution in [0.15, 0.2) is 24.3 Å². The van der Waals surface area contributed by atoms with Gasteiger partial charge in [-0.2, -0.15) is 0 Å². The number of nitrogens with two attached hydrogens (primary N) is 1. The Balaban J connectivity index is 1.87. The van der Waals surface area contributed by atoms with Crippen LogP contribution in [-0.2, 0) is 9.59 Å². The van der Waals surface area contributed by atoms with Crippen LogP contribution in [0.3, 0.4) is 0 Å². The predicted molar refractivity (Wildman–Crippen MR) is 84.6 cm³/mol. The molecule has 2 amide bonds. The molecule has 0 aliphatic carbocycles. The molecule has 1 aromatic rings. The van der Waals surface area contributed by atoms with Crippen LogP contribution in [-0.4, -0.2) is 31.5 Å². The molecule has 0 bridgehead atoms. The average molecular weight is 305 g/mol. The number of amides is 2. The van der Waals surface area contributed by atoms with Gasteiger partial charge in [-0.25, -0.2) is 0 Å². The number of anilines is 1. The summed E-state index contributed by atoms with van der Waals surface area (Å²) in [5, 5.41) is 6.21. The summed E-state index contributed by atoms with van der Waals surface area (Å²) in [7, 11) is 0. The van der Waals surface area contributed by atoms with Crippen LogP contribution in [0.5, 0.6) is 5.75 Å². The minimum atomic E-state index is -0.391. The van der Waals surface area contributed by atoms with E-state index in [1.54, 1.807) is 24.3 Å². The summed E-state index contributed by atoms with van der Waals surface area (Å²) in [5.74, 6) is 0.283. The largest absolute Gasteiger partial charge is 0.493 e. The van der Waals surface area contributed by atoms with Crippen molar-refractivity contribution in [2.75, 3.05) is 25.0 Å². The maximum Gasteiger partial charge on any atom is 0.231 e. The second-order valence-corrected chi connectivity index (χ2v) is 5.88. The molecule has 1 atom stereocenters. The third kappa shape index (κ3) is 4.46. The third-order valence-electron chi connectivity index (χ3n) is 3.87. The number of carbonyl (C=O) groups excluding carboxylic acids is 2. The van der Waals surface area contributed by atoms with Crippen LogP contribution in [0, 0.1) is 5.41 Å². The zero-order valence-electron chi connectivity index (χ0n) is 12.9. The molecular weight excluding hydrogens is 282 g/mol. The molecule has 6 nitrogen and oxygen atoms in total. The summed E-state index contributed by atoms with van der Waals surface area (Å²) < 4.78 is 5.39. The Hall–Kier alpha value is -2.08. The molecule has 22 heavy (non-hydrogen) atoms. The minimum Gasteiger partial charge on any atom is -0.493 e. The highest BCUT2D eigenvalue weighted by atomic mass is 16.5. The van der Waals surface area contributed by atoms with Crippen molar-refractivity contribution in [3.05, 3.63) is 24.3 Å². The van der Waals surface area contributed by atoms with Crippen molar-refractivity contribution in [1.82, 2.24) is 5.32 Å². The molecule has 6 heteroatoms. The van der Waals surface area contributed by atoms with Gasteiger partial charge in [0, 0.05) is 12.2 Å². The van der Waals surface area contributed by atoms with Gasteiger partial charge in [0.25, 0.3) is 0 Å². The Bertz CT molecular complexity index is 522. The lowest BCUT2D eigenvalue weighted by molar-refractivity contribution is -0.125. The molecule has 4 N–H and O–H groups in total.